The fourth-order valence-corrected chi connectivity index (χ4v) is 0.167. The molecule has 0 aliphatic rings. The Hall–Kier alpha value is 1.15. The van der Waals surface area contributed by atoms with Gasteiger partial charge in [-0.1, -0.05) is 13.3 Å². The Morgan fingerprint density at radius 3 is 1.86 bits per heavy atom. The van der Waals surface area contributed by atoms with E-state index in [0.29, 0.717) is 0 Å². The Balaban J connectivity index is -0.0000000800. The summed E-state index contributed by atoms with van der Waals surface area (Å²) < 4.78 is 0. The molecular weight excluding hydrogens is 75.9 g/mol. The van der Waals surface area contributed by atoms with E-state index in [1.165, 1.54) is 0 Å². The van der Waals surface area contributed by atoms with Gasteiger partial charge in [-0.05, 0) is 0 Å². The summed E-state index contributed by atoms with van der Waals surface area (Å²) in [6.45, 7) is 3.78. The molecular formula is C4H10Li2N+. The van der Waals surface area contributed by atoms with Gasteiger partial charge in [-0.3, -0.25) is 6.54 Å². The monoisotopic (exact) mass is 86.1 g/mol. The van der Waals surface area contributed by atoms with Crippen LogP contribution in [0.4, 0.5) is 0 Å². The molecule has 0 heterocycles. The van der Waals surface area contributed by atoms with Crippen molar-refractivity contribution in [1.82, 2.24) is 0 Å². The first-order chi connectivity index (χ1) is 2.41. The van der Waals surface area contributed by atoms with Gasteiger partial charge in [0.05, 0.1) is 0 Å². The molecule has 0 fully saturated rings. The van der Waals surface area contributed by atoms with Crippen LogP contribution in [0.25, 0.3) is 0 Å². The summed E-state index contributed by atoms with van der Waals surface area (Å²) in [6, 6.07) is 0. The van der Waals surface area contributed by atoms with Gasteiger partial charge < -0.3 is 5.73 Å². The predicted molar refractivity (Wildman–Crippen MR) is 23.4 cm³/mol. The average Bonchev–Trinajstić information content (AvgIpc) is 1.41. The third-order valence-corrected chi connectivity index (χ3v) is 0.455. The molecule has 0 spiro atoms. The molecule has 32 valence electrons. The average molecular weight is 86.0 g/mol. The van der Waals surface area contributed by atoms with Crippen molar-refractivity contribution in [3.8, 4) is 0 Å². The Morgan fingerprint density at radius 1 is 1.43 bits per heavy atom. The first-order valence-corrected chi connectivity index (χ1v) is 1.95. The standard InChI is InChI=1S/C4H10N.2Li/c1-2-3-4-5;;/h4H,2-3,5H2,1H3;;/q-1;2*+1. The van der Waals surface area contributed by atoms with Gasteiger partial charge >= 0.3 is 37.7 Å². The number of hydrogen-bond acceptors (Lipinski definition) is 1. The summed E-state index contributed by atoms with van der Waals surface area (Å²) in [5.41, 5.74) is 5.01. The second-order valence-corrected chi connectivity index (χ2v) is 1.02. The summed E-state index contributed by atoms with van der Waals surface area (Å²) >= 11 is 0. The van der Waals surface area contributed by atoms with Crippen molar-refractivity contribution in [3.05, 3.63) is 6.54 Å². The summed E-state index contributed by atoms with van der Waals surface area (Å²) in [5.74, 6) is 0. The van der Waals surface area contributed by atoms with Crippen LogP contribution in [0.5, 0.6) is 0 Å². The van der Waals surface area contributed by atoms with E-state index >= 15 is 0 Å². The summed E-state index contributed by atoms with van der Waals surface area (Å²) in [6.07, 6.45) is 2.20. The third kappa shape index (κ3) is 19.1. The van der Waals surface area contributed by atoms with E-state index in [0.717, 1.165) is 12.8 Å². The minimum atomic E-state index is 0. The second kappa shape index (κ2) is 15.7. The van der Waals surface area contributed by atoms with Crippen molar-refractivity contribution in [2.45, 2.75) is 19.8 Å². The quantitative estimate of drug-likeness (QED) is 0.264. The fourth-order valence-electron chi connectivity index (χ4n) is 0.167. The van der Waals surface area contributed by atoms with Gasteiger partial charge in [0, 0.05) is 0 Å². The Labute approximate surface area is 69.8 Å². The first-order valence-electron chi connectivity index (χ1n) is 1.95. The molecule has 1 nitrogen and oxygen atoms in total. The van der Waals surface area contributed by atoms with Crippen molar-refractivity contribution < 1.29 is 37.7 Å². The summed E-state index contributed by atoms with van der Waals surface area (Å²) in [4.78, 5) is 0. The minimum Gasteiger partial charge on any atom is -0.483 e. The third-order valence-electron chi connectivity index (χ3n) is 0.455. The van der Waals surface area contributed by atoms with E-state index in [4.69, 9.17) is 5.73 Å². The van der Waals surface area contributed by atoms with Gasteiger partial charge in [0.2, 0.25) is 0 Å². The maximum atomic E-state index is 5.01. The molecule has 0 saturated carbocycles. The molecule has 0 aromatic heterocycles. The zero-order valence-corrected chi connectivity index (χ0v) is 5.57. The fraction of sp³-hybridized carbons (Fsp3) is 0.750. The molecule has 0 aromatic carbocycles. The molecule has 7 heavy (non-hydrogen) atoms. The normalized spacial score (nSPS) is 6.00. The van der Waals surface area contributed by atoms with Crippen molar-refractivity contribution in [2.75, 3.05) is 0 Å². The molecule has 0 unspecified atom stereocenters. The van der Waals surface area contributed by atoms with Crippen molar-refractivity contribution in [3.63, 3.8) is 0 Å². The Morgan fingerprint density at radius 2 is 1.86 bits per heavy atom. The Kier molecular flexibility index (Phi) is 35.2. The van der Waals surface area contributed by atoms with E-state index in [1.54, 1.807) is 6.54 Å². The van der Waals surface area contributed by atoms with Gasteiger partial charge in [-0.25, -0.2) is 0 Å². The SMILES string of the molecule is CCC[CH-]N.[Li+].[Li+]. The number of rotatable bonds is 2. The van der Waals surface area contributed by atoms with Crippen LogP contribution in [0.2, 0.25) is 0 Å². The van der Waals surface area contributed by atoms with Gasteiger partial charge in [0.1, 0.15) is 0 Å². The molecule has 0 atom stereocenters. The smallest absolute Gasteiger partial charge is 0.483 e. The number of unbranched alkanes of at least 4 members (excludes halogenated alkanes) is 1. The van der Waals surface area contributed by atoms with E-state index in [1.807, 2.05) is 0 Å². The van der Waals surface area contributed by atoms with Crippen molar-refractivity contribution >= 4 is 0 Å². The van der Waals surface area contributed by atoms with E-state index in [-0.39, 0.29) is 37.7 Å². The first kappa shape index (κ1) is 15.7. The van der Waals surface area contributed by atoms with Crippen molar-refractivity contribution in [2.24, 2.45) is 5.73 Å². The van der Waals surface area contributed by atoms with Gasteiger partial charge in [-0.15, -0.1) is 0 Å². The topological polar surface area (TPSA) is 26.0 Å². The largest absolute Gasteiger partial charge is 1.00 e. The molecule has 0 aliphatic heterocycles. The number of nitrogens with two attached hydrogens (primary N) is 1. The van der Waals surface area contributed by atoms with Crippen LogP contribution >= 0.6 is 0 Å². The van der Waals surface area contributed by atoms with Crippen LogP contribution in [0, 0.1) is 6.54 Å². The minimum absolute atomic E-state index is 0. The van der Waals surface area contributed by atoms with Crippen LogP contribution in [-0.4, -0.2) is 0 Å². The molecule has 0 aliphatic carbocycles. The van der Waals surface area contributed by atoms with Crippen LogP contribution in [0.3, 0.4) is 0 Å². The van der Waals surface area contributed by atoms with Crippen LogP contribution in [0.1, 0.15) is 19.8 Å². The maximum absolute atomic E-state index is 5.01. The molecule has 0 radical (unpaired) electrons. The molecule has 0 bridgehead atoms. The maximum Gasteiger partial charge on any atom is 1.00 e. The van der Waals surface area contributed by atoms with E-state index in [2.05, 4.69) is 6.92 Å². The van der Waals surface area contributed by atoms with Gasteiger partial charge in [0.15, 0.2) is 0 Å². The Bertz CT molecular complexity index is 17.2. The molecule has 0 aromatic rings. The van der Waals surface area contributed by atoms with Crippen LogP contribution in [0.15, 0.2) is 0 Å². The van der Waals surface area contributed by atoms with Crippen LogP contribution in [-0.2, 0) is 0 Å². The van der Waals surface area contributed by atoms with Crippen LogP contribution < -0.4 is 43.5 Å². The van der Waals surface area contributed by atoms with Gasteiger partial charge in [-0.2, -0.15) is 6.42 Å². The zero-order valence-electron chi connectivity index (χ0n) is 5.57. The molecule has 0 amide bonds. The van der Waals surface area contributed by atoms with Gasteiger partial charge in [0.25, 0.3) is 0 Å². The van der Waals surface area contributed by atoms with Crippen molar-refractivity contribution in [1.29, 1.82) is 0 Å². The van der Waals surface area contributed by atoms with E-state index in [9.17, 15) is 0 Å². The number of hydrogen-bond donors (Lipinski definition) is 1. The predicted octanol–water partition coefficient (Wildman–Crippen LogP) is -5.09. The molecule has 0 saturated heterocycles. The molecule has 3 heteroatoms. The zero-order chi connectivity index (χ0) is 4.12. The summed E-state index contributed by atoms with van der Waals surface area (Å²) in [5, 5.41) is 0. The molecule has 0 rings (SSSR count). The summed E-state index contributed by atoms with van der Waals surface area (Å²) in [7, 11) is 0. The van der Waals surface area contributed by atoms with E-state index < -0.39 is 0 Å². The second-order valence-electron chi connectivity index (χ2n) is 1.02. The molecule has 2 N–H and O–H groups in total.